The van der Waals surface area contributed by atoms with E-state index in [0.717, 1.165) is 52.3 Å². The predicted molar refractivity (Wildman–Crippen MR) is 139 cm³/mol. The van der Waals surface area contributed by atoms with Crippen molar-refractivity contribution in [2.45, 2.75) is 38.5 Å². The van der Waals surface area contributed by atoms with Crippen molar-refractivity contribution < 1.29 is 14.7 Å². The van der Waals surface area contributed by atoms with E-state index in [1.54, 1.807) is 0 Å². The molecule has 1 aliphatic heterocycles. The van der Waals surface area contributed by atoms with Gasteiger partial charge in [0.05, 0.1) is 17.6 Å². The number of nitrogens with zero attached hydrogens (tertiary/aromatic N) is 4. The number of aromatic nitrogens is 2. The Morgan fingerprint density at radius 1 is 0.943 bits per heavy atom. The number of amides is 1. The molecular weight excluding hydrogens is 508 g/mol. The summed E-state index contributed by atoms with van der Waals surface area (Å²) in [6.07, 6.45) is 4.09. The van der Waals surface area contributed by atoms with E-state index in [1.165, 1.54) is 0 Å². The standard InChI is InChI=1S/C27H29BrN4O3/c28-20-8-9-22-21(16-20)25(19-6-2-1-3-7-19)30-26(29-22)32-14-12-31(13-15-32)23(33)17-27(18-24(34)35)10-4-5-11-27/h1-3,6-9,16H,4-5,10-15,17-18H2,(H,34,35). The molecule has 1 saturated heterocycles. The minimum Gasteiger partial charge on any atom is -0.481 e. The molecule has 1 aromatic heterocycles. The molecule has 182 valence electrons. The van der Waals surface area contributed by atoms with Gasteiger partial charge in [-0.15, -0.1) is 0 Å². The fourth-order valence-corrected chi connectivity index (χ4v) is 5.86. The minimum atomic E-state index is -0.806. The average Bonchev–Trinajstić information content (AvgIpc) is 3.31. The van der Waals surface area contributed by atoms with E-state index < -0.39 is 5.97 Å². The second-order valence-electron chi connectivity index (χ2n) is 9.72. The highest BCUT2D eigenvalue weighted by molar-refractivity contribution is 9.10. The summed E-state index contributed by atoms with van der Waals surface area (Å²) in [5.41, 5.74) is 2.43. The summed E-state index contributed by atoms with van der Waals surface area (Å²) in [5.74, 6) is -0.0646. The van der Waals surface area contributed by atoms with Crippen molar-refractivity contribution in [1.29, 1.82) is 0 Å². The highest BCUT2D eigenvalue weighted by Crippen LogP contribution is 2.44. The van der Waals surface area contributed by atoms with Crippen LogP contribution in [0, 0.1) is 5.41 Å². The number of hydrogen-bond acceptors (Lipinski definition) is 5. The number of fused-ring (bicyclic) bond motifs is 1. The zero-order chi connectivity index (χ0) is 24.4. The molecule has 7 nitrogen and oxygen atoms in total. The highest BCUT2D eigenvalue weighted by atomic mass is 79.9. The molecule has 5 rings (SSSR count). The molecule has 0 unspecified atom stereocenters. The first kappa shape index (κ1) is 23.7. The first-order valence-electron chi connectivity index (χ1n) is 12.2. The number of carboxylic acid groups (broad SMARTS) is 1. The van der Waals surface area contributed by atoms with E-state index in [1.807, 2.05) is 41.3 Å². The number of anilines is 1. The lowest BCUT2D eigenvalue weighted by Crippen LogP contribution is -2.50. The van der Waals surface area contributed by atoms with Gasteiger partial charge in [0.2, 0.25) is 11.9 Å². The van der Waals surface area contributed by atoms with Crippen LogP contribution in [0.25, 0.3) is 22.2 Å². The van der Waals surface area contributed by atoms with Gasteiger partial charge >= 0.3 is 5.97 Å². The summed E-state index contributed by atoms with van der Waals surface area (Å²) < 4.78 is 0.980. The van der Waals surface area contributed by atoms with Gasteiger partial charge in [0.15, 0.2) is 0 Å². The summed E-state index contributed by atoms with van der Waals surface area (Å²) in [7, 11) is 0. The highest BCUT2D eigenvalue weighted by Gasteiger charge is 2.39. The fourth-order valence-electron chi connectivity index (χ4n) is 5.50. The zero-order valence-electron chi connectivity index (χ0n) is 19.6. The second kappa shape index (κ2) is 9.93. The van der Waals surface area contributed by atoms with Crippen molar-refractivity contribution in [2.75, 3.05) is 31.1 Å². The molecule has 3 aromatic rings. The monoisotopic (exact) mass is 536 g/mol. The predicted octanol–water partition coefficient (Wildman–Crippen LogP) is 5.13. The quantitative estimate of drug-likeness (QED) is 0.469. The van der Waals surface area contributed by atoms with Gasteiger partial charge in [0.25, 0.3) is 0 Å². The van der Waals surface area contributed by atoms with Crippen molar-refractivity contribution in [1.82, 2.24) is 14.9 Å². The van der Waals surface area contributed by atoms with Crippen LogP contribution in [0.5, 0.6) is 0 Å². The topological polar surface area (TPSA) is 86.6 Å². The fraction of sp³-hybridized carbons (Fsp3) is 0.407. The van der Waals surface area contributed by atoms with Crippen molar-refractivity contribution in [2.24, 2.45) is 5.41 Å². The number of rotatable bonds is 6. The maximum absolute atomic E-state index is 13.1. The zero-order valence-corrected chi connectivity index (χ0v) is 21.2. The Balaban J connectivity index is 1.33. The van der Waals surface area contributed by atoms with Gasteiger partial charge in [0.1, 0.15) is 0 Å². The molecule has 0 radical (unpaired) electrons. The van der Waals surface area contributed by atoms with Crippen LogP contribution < -0.4 is 4.90 Å². The van der Waals surface area contributed by atoms with Crippen LogP contribution in [-0.4, -0.2) is 58.0 Å². The lowest BCUT2D eigenvalue weighted by atomic mass is 9.79. The van der Waals surface area contributed by atoms with Crippen molar-refractivity contribution in [3.8, 4) is 11.3 Å². The van der Waals surface area contributed by atoms with E-state index in [9.17, 15) is 14.7 Å². The lowest BCUT2D eigenvalue weighted by Gasteiger charge is -2.37. The van der Waals surface area contributed by atoms with Crippen LogP contribution in [0.4, 0.5) is 5.95 Å². The van der Waals surface area contributed by atoms with Gasteiger partial charge < -0.3 is 14.9 Å². The number of hydrogen-bond donors (Lipinski definition) is 1. The number of piperazine rings is 1. The van der Waals surface area contributed by atoms with Crippen molar-refractivity contribution >= 4 is 44.7 Å². The van der Waals surface area contributed by atoms with Crippen LogP contribution in [0.3, 0.4) is 0 Å². The van der Waals surface area contributed by atoms with Crippen molar-refractivity contribution in [3.05, 3.63) is 53.0 Å². The third-order valence-corrected chi connectivity index (χ3v) is 7.82. The smallest absolute Gasteiger partial charge is 0.303 e. The first-order valence-corrected chi connectivity index (χ1v) is 13.0. The first-order chi connectivity index (χ1) is 16.9. The molecule has 2 fully saturated rings. The molecular formula is C27H29BrN4O3. The Labute approximate surface area is 213 Å². The third kappa shape index (κ3) is 5.17. The summed E-state index contributed by atoms with van der Waals surface area (Å²) in [6, 6.07) is 16.2. The van der Waals surface area contributed by atoms with Crippen molar-refractivity contribution in [3.63, 3.8) is 0 Å². The van der Waals surface area contributed by atoms with Crippen LogP contribution >= 0.6 is 15.9 Å². The maximum atomic E-state index is 13.1. The molecule has 0 atom stereocenters. The number of carbonyl (C=O) groups is 2. The Morgan fingerprint density at radius 2 is 1.66 bits per heavy atom. The number of carboxylic acids is 1. The molecule has 2 aliphatic rings. The average molecular weight is 537 g/mol. The van der Waals surface area contributed by atoms with Crippen LogP contribution in [-0.2, 0) is 9.59 Å². The molecule has 0 bridgehead atoms. The Kier molecular flexibility index (Phi) is 6.73. The van der Waals surface area contributed by atoms with E-state index in [0.29, 0.717) is 38.5 Å². The molecule has 2 aromatic carbocycles. The molecule has 1 saturated carbocycles. The Bertz CT molecular complexity index is 1240. The number of benzene rings is 2. The minimum absolute atomic E-state index is 0.0713. The van der Waals surface area contributed by atoms with Crippen LogP contribution in [0.2, 0.25) is 0 Å². The van der Waals surface area contributed by atoms with Gasteiger partial charge in [-0.2, -0.15) is 0 Å². The second-order valence-corrected chi connectivity index (χ2v) is 10.6. The van der Waals surface area contributed by atoms with E-state index in [2.05, 4.69) is 33.0 Å². The van der Waals surface area contributed by atoms with Gasteiger partial charge in [-0.1, -0.05) is 59.1 Å². The van der Waals surface area contributed by atoms with Gasteiger partial charge in [-0.3, -0.25) is 9.59 Å². The number of carbonyl (C=O) groups excluding carboxylic acids is 1. The number of halogens is 1. The van der Waals surface area contributed by atoms with Gasteiger partial charge in [-0.05, 0) is 36.5 Å². The summed E-state index contributed by atoms with van der Waals surface area (Å²) >= 11 is 3.57. The summed E-state index contributed by atoms with van der Waals surface area (Å²) in [4.78, 5) is 38.3. The van der Waals surface area contributed by atoms with Gasteiger partial charge in [0, 0.05) is 48.0 Å². The maximum Gasteiger partial charge on any atom is 0.303 e. The SMILES string of the molecule is O=C(O)CC1(CC(=O)N2CCN(c3nc(-c4ccccc4)c4cc(Br)ccc4n3)CC2)CCCC1. The summed E-state index contributed by atoms with van der Waals surface area (Å²) in [5, 5.41) is 10.4. The Morgan fingerprint density at radius 3 is 2.34 bits per heavy atom. The molecule has 8 heteroatoms. The molecule has 1 N–H and O–H groups in total. The largest absolute Gasteiger partial charge is 0.481 e. The lowest BCUT2D eigenvalue weighted by molar-refractivity contribution is -0.141. The van der Waals surface area contributed by atoms with E-state index in [-0.39, 0.29) is 17.7 Å². The molecule has 0 spiro atoms. The van der Waals surface area contributed by atoms with E-state index in [4.69, 9.17) is 9.97 Å². The molecule has 1 amide bonds. The van der Waals surface area contributed by atoms with Crippen LogP contribution in [0.1, 0.15) is 38.5 Å². The molecule has 35 heavy (non-hydrogen) atoms. The molecule has 2 heterocycles. The summed E-state index contributed by atoms with van der Waals surface area (Å²) in [6.45, 7) is 2.47. The van der Waals surface area contributed by atoms with E-state index >= 15 is 0 Å². The van der Waals surface area contributed by atoms with Crippen LogP contribution in [0.15, 0.2) is 53.0 Å². The molecule has 1 aliphatic carbocycles. The normalized spacial score (nSPS) is 17.6. The number of aliphatic carboxylic acids is 1. The van der Waals surface area contributed by atoms with Gasteiger partial charge in [-0.25, -0.2) is 9.97 Å². The Hall–Kier alpha value is -3.00. The third-order valence-electron chi connectivity index (χ3n) is 7.33.